The first-order chi connectivity index (χ1) is 12.9. The fourth-order valence-corrected chi connectivity index (χ4v) is 5.24. The van der Waals surface area contributed by atoms with Gasteiger partial charge in [0.25, 0.3) is 0 Å². The van der Waals surface area contributed by atoms with Crippen molar-refractivity contribution in [3.8, 4) is 0 Å². The maximum absolute atomic E-state index is 11.8. The van der Waals surface area contributed by atoms with E-state index in [0.717, 1.165) is 25.7 Å². The molecule has 0 aromatic rings. The zero-order chi connectivity index (χ0) is 19.6. The van der Waals surface area contributed by atoms with Gasteiger partial charge >= 0.3 is 6.09 Å². The number of ether oxygens (including phenoxy) is 4. The van der Waals surface area contributed by atoms with Crippen LogP contribution in [0.3, 0.4) is 0 Å². The molecule has 3 fully saturated rings. The van der Waals surface area contributed by atoms with Gasteiger partial charge in [0, 0.05) is 18.4 Å². The Morgan fingerprint density at radius 3 is 2.63 bits per heavy atom. The molecule has 0 spiro atoms. The van der Waals surface area contributed by atoms with Crippen LogP contribution in [0.15, 0.2) is 0 Å². The molecule has 1 saturated carbocycles. The van der Waals surface area contributed by atoms with Crippen molar-refractivity contribution in [2.24, 2.45) is 23.7 Å². The molecule has 27 heavy (non-hydrogen) atoms. The summed E-state index contributed by atoms with van der Waals surface area (Å²) in [5.41, 5.74) is -0.953. The van der Waals surface area contributed by atoms with Crippen molar-refractivity contribution in [3.63, 3.8) is 0 Å². The topological polar surface area (TPSA) is 86.3 Å². The minimum absolute atomic E-state index is 0.0528. The van der Waals surface area contributed by atoms with E-state index in [0.29, 0.717) is 25.7 Å². The average Bonchev–Trinajstić information content (AvgIpc) is 2.74. The van der Waals surface area contributed by atoms with Crippen LogP contribution in [0.4, 0.5) is 4.79 Å². The van der Waals surface area contributed by atoms with E-state index in [1.807, 2.05) is 6.92 Å². The normalized spacial score (nSPS) is 44.1. The van der Waals surface area contributed by atoms with Gasteiger partial charge in [-0.3, -0.25) is 0 Å². The van der Waals surface area contributed by atoms with Crippen molar-refractivity contribution in [1.82, 2.24) is 5.32 Å². The van der Waals surface area contributed by atoms with Crippen molar-refractivity contribution in [3.05, 3.63) is 0 Å². The first-order valence-corrected chi connectivity index (χ1v) is 10.4. The third-order valence-corrected chi connectivity index (χ3v) is 6.68. The largest absolute Gasteiger partial charge is 0.450 e. The molecule has 0 aromatic carbocycles. The minimum Gasteiger partial charge on any atom is -0.450 e. The zero-order valence-electron chi connectivity index (χ0n) is 17.0. The van der Waals surface area contributed by atoms with E-state index in [1.165, 1.54) is 0 Å². The summed E-state index contributed by atoms with van der Waals surface area (Å²) in [4.78, 5) is 11.4. The molecular weight excluding hydrogens is 350 g/mol. The molecule has 8 atom stereocenters. The van der Waals surface area contributed by atoms with Gasteiger partial charge in [0.2, 0.25) is 0 Å². The Balaban J connectivity index is 1.66. The van der Waals surface area contributed by atoms with Crippen LogP contribution in [-0.4, -0.2) is 55.2 Å². The number of amides is 1. The number of carbonyl (C=O) groups excluding carboxylic acids is 1. The molecule has 1 amide bonds. The Morgan fingerprint density at radius 1 is 1.15 bits per heavy atom. The SMILES string of the molecule is CCOC(=O)NCCOC1O[C@@H]2O[C@@H](C)CCC3[C@H](C)CCC([C@H]1C)[C@]32O. The van der Waals surface area contributed by atoms with E-state index < -0.39 is 24.3 Å². The second kappa shape index (κ2) is 8.64. The molecule has 2 heterocycles. The monoisotopic (exact) mass is 385 g/mol. The molecular formula is C20H35NO6. The van der Waals surface area contributed by atoms with Gasteiger partial charge in [-0.25, -0.2) is 4.79 Å². The molecule has 3 rings (SSSR count). The number of alkyl carbamates (subject to hydrolysis) is 1. The van der Waals surface area contributed by atoms with Crippen LogP contribution < -0.4 is 5.32 Å². The van der Waals surface area contributed by atoms with Crippen LogP contribution in [0.5, 0.6) is 0 Å². The quantitative estimate of drug-likeness (QED) is 0.708. The predicted octanol–water partition coefficient (Wildman–Crippen LogP) is 2.66. The second-order valence-electron chi connectivity index (χ2n) is 8.39. The maximum Gasteiger partial charge on any atom is 0.407 e. The van der Waals surface area contributed by atoms with Crippen LogP contribution in [0.25, 0.3) is 0 Å². The smallest absolute Gasteiger partial charge is 0.407 e. The first kappa shape index (κ1) is 20.8. The van der Waals surface area contributed by atoms with E-state index in [2.05, 4.69) is 19.2 Å². The molecule has 156 valence electrons. The third-order valence-electron chi connectivity index (χ3n) is 6.68. The average molecular weight is 386 g/mol. The van der Waals surface area contributed by atoms with Crippen LogP contribution >= 0.6 is 0 Å². The lowest BCUT2D eigenvalue weighted by Gasteiger charge is -2.57. The van der Waals surface area contributed by atoms with Crippen LogP contribution in [-0.2, 0) is 18.9 Å². The fraction of sp³-hybridized carbons (Fsp3) is 0.950. The van der Waals surface area contributed by atoms with Crippen molar-refractivity contribution in [2.45, 2.75) is 77.7 Å². The van der Waals surface area contributed by atoms with E-state index in [9.17, 15) is 9.90 Å². The molecule has 3 unspecified atom stereocenters. The Morgan fingerprint density at radius 2 is 1.89 bits per heavy atom. The second-order valence-corrected chi connectivity index (χ2v) is 8.39. The molecule has 3 aliphatic rings. The Bertz CT molecular complexity index is 517. The van der Waals surface area contributed by atoms with Crippen LogP contribution in [0, 0.1) is 23.7 Å². The number of nitrogens with one attached hydrogen (secondary N) is 1. The standard InChI is InChI=1S/C20H35NO6/c1-5-24-19(22)21-10-11-25-17-14(4)16-8-6-12(2)15-9-7-13(3)26-18(27-17)20(15,16)23/h12-18,23H,5-11H2,1-4H3,(H,21,22)/t12-,13+,14-,15?,16?,17?,18+,20-/m1/s1. The van der Waals surface area contributed by atoms with Gasteiger partial charge in [-0.15, -0.1) is 0 Å². The number of rotatable bonds is 5. The first-order valence-electron chi connectivity index (χ1n) is 10.4. The van der Waals surface area contributed by atoms with Gasteiger partial charge in [-0.1, -0.05) is 13.8 Å². The summed E-state index contributed by atoms with van der Waals surface area (Å²) in [5, 5.41) is 14.4. The van der Waals surface area contributed by atoms with Gasteiger partial charge in [-0.05, 0) is 51.4 Å². The summed E-state index contributed by atoms with van der Waals surface area (Å²) in [6.45, 7) is 9.14. The summed E-state index contributed by atoms with van der Waals surface area (Å²) in [6.07, 6.45) is 2.46. The number of carbonyl (C=O) groups is 1. The predicted molar refractivity (Wildman–Crippen MR) is 98.9 cm³/mol. The molecule has 0 radical (unpaired) electrons. The van der Waals surface area contributed by atoms with E-state index in [1.54, 1.807) is 6.92 Å². The molecule has 7 heteroatoms. The molecule has 0 bridgehead atoms. The van der Waals surface area contributed by atoms with Crippen LogP contribution in [0.1, 0.15) is 53.4 Å². The van der Waals surface area contributed by atoms with Gasteiger partial charge in [0.05, 0.1) is 19.3 Å². The molecule has 2 saturated heterocycles. The minimum atomic E-state index is -0.953. The zero-order valence-corrected chi connectivity index (χ0v) is 17.0. The maximum atomic E-state index is 11.8. The fourth-order valence-electron chi connectivity index (χ4n) is 5.24. The molecule has 2 aliphatic heterocycles. The Hall–Kier alpha value is -0.890. The summed E-state index contributed by atoms with van der Waals surface area (Å²) in [5.74, 6) is 0.802. The highest BCUT2D eigenvalue weighted by molar-refractivity contribution is 5.66. The number of hydrogen-bond donors (Lipinski definition) is 2. The van der Waals surface area contributed by atoms with Crippen molar-refractivity contribution in [2.75, 3.05) is 19.8 Å². The summed E-state index contributed by atoms with van der Waals surface area (Å²) in [6, 6.07) is 0. The summed E-state index contributed by atoms with van der Waals surface area (Å²) < 4.78 is 23.0. The van der Waals surface area contributed by atoms with Crippen molar-refractivity contribution in [1.29, 1.82) is 0 Å². The van der Waals surface area contributed by atoms with Gasteiger partial charge in [-0.2, -0.15) is 0 Å². The highest BCUT2D eigenvalue weighted by Crippen LogP contribution is 2.54. The summed E-state index contributed by atoms with van der Waals surface area (Å²) >= 11 is 0. The van der Waals surface area contributed by atoms with Gasteiger partial charge in [0.15, 0.2) is 12.6 Å². The Kier molecular flexibility index (Phi) is 6.66. The lowest BCUT2D eigenvalue weighted by atomic mass is 9.58. The van der Waals surface area contributed by atoms with Crippen LogP contribution in [0.2, 0.25) is 0 Å². The molecule has 2 N–H and O–H groups in total. The van der Waals surface area contributed by atoms with E-state index in [-0.39, 0.29) is 23.9 Å². The molecule has 1 aliphatic carbocycles. The summed E-state index contributed by atoms with van der Waals surface area (Å²) in [7, 11) is 0. The number of aliphatic hydroxyl groups is 1. The van der Waals surface area contributed by atoms with Crippen molar-refractivity contribution < 1.29 is 28.8 Å². The van der Waals surface area contributed by atoms with Crippen molar-refractivity contribution >= 4 is 6.09 Å². The lowest BCUT2D eigenvalue weighted by molar-refractivity contribution is -0.381. The molecule has 7 nitrogen and oxygen atoms in total. The Labute approximate surface area is 162 Å². The van der Waals surface area contributed by atoms with Gasteiger partial charge < -0.3 is 29.4 Å². The lowest BCUT2D eigenvalue weighted by Crippen LogP contribution is -2.66. The highest BCUT2D eigenvalue weighted by Gasteiger charge is 2.62. The third kappa shape index (κ3) is 4.11. The van der Waals surface area contributed by atoms with Gasteiger partial charge in [0.1, 0.15) is 5.60 Å². The molecule has 0 aromatic heterocycles. The highest BCUT2D eigenvalue weighted by atomic mass is 16.8. The number of hydrogen-bond acceptors (Lipinski definition) is 6. The van der Waals surface area contributed by atoms with E-state index >= 15 is 0 Å². The van der Waals surface area contributed by atoms with E-state index in [4.69, 9.17) is 18.9 Å².